The van der Waals surface area contributed by atoms with Gasteiger partial charge < -0.3 is 4.90 Å². The molecule has 9 heteroatoms. The Labute approximate surface area is 168 Å². The van der Waals surface area contributed by atoms with Crippen LogP contribution in [0.4, 0.5) is 19.0 Å². The van der Waals surface area contributed by atoms with E-state index in [0.29, 0.717) is 25.3 Å². The topological polar surface area (TPSA) is 62.3 Å². The number of alkyl halides is 3. The average molecular weight is 425 g/mol. The van der Waals surface area contributed by atoms with Crippen molar-refractivity contribution in [2.24, 2.45) is 0 Å². The van der Waals surface area contributed by atoms with E-state index in [4.69, 9.17) is 0 Å². The number of anilines is 1. The molecule has 2 heterocycles. The highest BCUT2D eigenvalue weighted by Gasteiger charge is 2.32. The van der Waals surface area contributed by atoms with Gasteiger partial charge in [-0.2, -0.15) is 13.2 Å². The summed E-state index contributed by atoms with van der Waals surface area (Å²) < 4.78 is 66.4. The van der Waals surface area contributed by atoms with Gasteiger partial charge in [0.25, 0.3) is 0 Å². The maximum absolute atomic E-state index is 12.8. The predicted molar refractivity (Wildman–Crippen MR) is 103 cm³/mol. The van der Waals surface area contributed by atoms with Crippen LogP contribution in [0.25, 0.3) is 0 Å². The van der Waals surface area contributed by atoms with E-state index >= 15 is 0 Å². The lowest BCUT2D eigenvalue weighted by atomic mass is 9.92. The molecule has 4 rings (SSSR count). The lowest BCUT2D eigenvalue weighted by Gasteiger charge is -2.19. The number of hydrogen-bond acceptors (Lipinski definition) is 4. The first-order valence-corrected chi connectivity index (χ1v) is 11.1. The lowest BCUT2D eigenvalue weighted by Crippen LogP contribution is -2.37. The van der Waals surface area contributed by atoms with Crippen molar-refractivity contribution in [3.05, 3.63) is 53.2 Å². The Hall–Kier alpha value is -2.13. The molecule has 0 saturated carbocycles. The molecule has 2 aromatic rings. The minimum absolute atomic E-state index is 0.268. The van der Waals surface area contributed by atoms with Gasteiger partial charge in [-0.1, -0.05) is 6.07 Å². The number of sulfonamides is 1. The Balaban J connectivity index is 1.43. The number of pyridine rings is 1. The van der Waals surface area contributed by atoms with Crippen molar-refractivity contribution in [1.29, 1.82) is 0 Å². The molecule has 1 saturated heterocycles. The third-order valence-electron chi connectivity index (χ3n) is 5.54. The van der Waals surface area contributed by atoms with Crippen LogP contribution < -0.4 is 9.62 Å². The first-order valence-electron chi connectivity index (χ1n) is 9.65. The van der Waals surface area contributed by atoms with E-state index < -0.39 is 21.8 Å². The number of fused-ring (bicyclic) bond motifs is 1. The minimum atomic E-state index is -4.43. The van der Waals surface area contributed by atoms with E-state index in [1.54, 1.807) is 17.0 Å². The number of aromatic nitrogens is 1. The molecule has 1 aromatic heterocycles. The maximum Gasteiger partial charge on any atom is 0.417 e. The monoisotopic (exact) mass is 425 g/mol. The second kappa shape index (κ2) is 7.60. The molecule has 1 aromatic carbocycles. The summed E-state index contributed by atoms with van der Waals surface area (Å²) in [6.45, 7) is 0.887. The molecule has 1 aliphatic heterocycles. The van der Waals surface area contributed by atoms with Crippen molar-refractivity contribution >= 4 is 15.8 Å². The predicted octanol–water partition coefficient (Wildman–Crippen LogP) is 3.54. The highest BCUT2D eigenvalue weighted by atomic mass is 32.2. The normalized spacial score (nSPS) is 20.0. The molecule has 0 amide bonds. The van der Waals surface area contributed by atoms with E-state index in [2.05, 4.69) is 9.71 Å². The molecule has 1 N–H and O–H groups in total. The van der Waals surface area contributed by atoms with Crippen molar-refractivity contribution in [1.82, 2.24) is 9.71 Å². The quantitative estimate of drug-likeness (QED) is 0.814. The van der Waals surface area contributed by atoms with Crippen molar-refractivity contribution in [2.75, 3.05) is 18.0 Å². The molecule has 1 fully saturated rings. The lowest BCUT2D eigenvalue weighted by molar-refractivity contribution is -0.137. The standard InChI is InChI=1S/C20H22F3N3O2S/c21-20(22,23)16-6-8-19(24-12-16)26-10-9-17(13-26)25-29(27,28)18-7-5-14-3-1-2-4-15(14)11-18/h5-8,11-12,17,25H,1-4,9-10,13H2/t17-/m1/s1. The SMILES string of the molecule is O=S(=O)(N[C@@H]1CCN(c2ccc(C(F)(F)F)cn2)C1)c1ccc2c(c1)CCCC2. The van der Waals surface area contributed by atoms with Gasteiger partial charge in [-0.3, -0.25) is 0 Å². The van der Waals surface area contributed by atoms with Crippen LogP contribution in [0, 0.1) is 0 Å². The van der Waals surface area contributed by atoms with E-state index in [-0.39, 0.29) is 10.9 Å². The van der Waals surface area contributed by atoms with E-state index in [0.717, 1.165) is 43.5 Å². The Bertz CT molecular complexity index is 991. The van der Waals surface area contributed by atoms with Crippen molar-refractivity contribution in [2.45, 2.75) is 49.2 Å². The molecular weight excluding hydrogens is 403 g/mol. The van der Waals surface area contributed by atoms with Gasteiger partial charge in [0.2, 0.25) is 10.0 Å². The van der Waals surface area contributed by atoms with Gasteiger partial charge in [0.05, 0.1) is 10.5 Å². The molecule has 0 radical (unpaired) electrons. The van der Waals surface area contributed by atoms with Gasteiger partial charge in [0, 0.05) is 25.3 Å². The van der Waals surface area contributed by atoms with Crippen LogP contribution in [0.15, 0.2) is 41.4 Å². The Morgan fingerprint density at radius 2 is 1.83 bits per heavy atom. The summed E-state index contributed by atoms with van der Waals surface area (Å²) >= 11 is 0. The van der Waals surface area contributed by atoms with E-state index in [1.807, 2.05) is 6.07 Å². The Morgan fingerprint density at radius 1 is 1.07 bits per heavy atom. The summed E-state index contributed by atoms with van der Waals surface area (Å²) in [5.74, 6) is 0.411. The van der Waals surface area contributed by atoms with Crippen LogP contribution in [0.2, 0.25) is 0 Å². The zero-order valence-corrected chi connectivity index (χ0v) is 16.6. The first-order chi connectivity index (χ1) is 13.7. The molecule has 0 spiro atoms. The molecule has 2 aliphatic rings. The second-order valence-electron chi connectivity index (χ2n) is 7.59. The van der Waals surface area contributed by atoms with Gasteiger partial charge in [-0.15, -0.1) is 0 Å². The average Bonchev–Trinajstić information content (AvgIpc) is 3.15. The first kappa shape index (κ1) is 20.2. The van der Waals surface area contributed by atoms with E-state index in [9.17, 15) is 21.6 Å². The van der Waals surface area contributed by atoms with Crippen LogP contribution in [0.5, 0.6) is 0 Å². The molecule has 0 bridgehead atoms. The summed E-state index contributed by atoms with van der Waals surface area (Å²) in [5, 5.41) is 0. The summed E-state index contributed by atoms with van der Waals surface area (Å²) in [4.78, 5) is 5.95. The molecule has 29 heavy (non-hydrogen) atoms. The smallest absolute Gasteiger partial charge is 0.355 e. The fourth-order valence-corrected chi connectivity index (χ4v) is 5.28. The number of hydrogen-bond donors (Lipinski definition) is 1. The van der Waals surface area contributed by atoms with Gasteiger partial charge in [0.15, 0.2) is 0 Å². The van der Waals surface area contributed by atoms with Gasteiger partial charge >= 0.3 is 6.18 Å². The summed E-state index contributed by atoms with van der Waals surface area (Å²) in [6, 6.07) is 7.31. The Kier molecular flexibility index (Phi) is 5.29. The summed E-state index contributed by atoms with van der Waals surface area (Å²) in [6.07, 6.45) is 1.03. The molecular formula is C20H22F3N3O2S. The molecule has 1 aliphatic carbocycles. The highest BCUT2D eigenvalue weighted by molar-refractivity contribution is 7.89. The number of nitrogens with zero attached hydrogens (tertiary/aromatic N) is 2. The summed E-state index contributed by atoms with van der Waals surface area (Å²) in [5.41, 5.74) is 1.52. The van der Waals surface area contributed by atoms with Gasteiger partial charge in [0.1, 0.15) is 5.82 Å². The third-order valence-corrected chi connectivity index (χ3v) is 7.06. The number of benzene rings is 1. The third kappa shape index (κ3) is 4.40. The molecule has 5 nitrogen and oxygen atoms in total. The van der Waals surface area contributed by atoms with Gasteiger partial charge in [-0.05, 0) is 67.5 Å². The summed E-state index contributed by atoms with van der Waals surface area (Å²) in [7, 11) is -3.65. The number of aryl methyl sites for hydroxylation is 2. The largest absolute Gasteiger partial charge is 0.417 e. The van der Waals surface area contributed by atoms with Crippen LogP contribution in [-0.2, 0) is 29.0 Å². The van der Waals surface area contributed by atoms with Crippen molar-refractivity contribution in [3.8, 4) is 0 Å². The second-order valence-corrected chi connectivity index (χ2v) is 9.31. The number of halogens is 3. The molecule has 156 valence electrons. The zero-order valence-electron chi connectivity index (χ0n) is 15.7. The maximum atomic E-state index is 12.8. The van der Waals surface area contributed by atoms with Crippen LogP contribution in [-0.4, -0.2) is 32.5 Å². The Morgan fingerprint density at radius 3 is 2.52 bits per heavy atom. The van der Waals surface area contributed by atoms with Gasteiger partial charge in [-0.25, -0.2) is 18.1 Å². The van der Waals surface area contributed by atoms with Crippen molar-refractivity contribution < 1.29 is 21.6 Å². The van der Waals surface area contributed by atoms with Crippen LogP contribution in [0.1, 0.15) is 36.0 Å². The fraction of sp³-hybridized carbons (Fsp3) is 0.450. The molecule has 0 unspecified atom stereocenters. The fourth-order valence-electron chi connectivity index (χ4n) is 3.97. The zero-order chi connectivity index (χ0) is 20.6. The van der Waals surface area contributed by atoms with Crippen LogP contribution in [0.3, 0.4) is 0 Å². The van der Waals surface area contributed by atoms with Crippen molar-refractivity contribution in [3.63, 3.8) is 0 Å². The number of rotatable bonds is 4. The number of nitrogens with one attached hydrogen (secondary N) is 1. The van der Waals surface area contributed by atoms with Crippen LogP contribution >= 0.6 is 0 Å². The minimum Gasteiger partial charge on any atom is -0.355 e. The van der Waals surface area contributed by atoms with E-state index in [1.165, 1.54) is 11.6 Å². The molecule has 1 atom stereocenters. The highest BCUT2D eigenvalue weighted by Crippen LogP contribution is 2.30.